The molecule has 1 heterocycles. The van der Waals surface area contributed by atoms with E-state index in [1.807, 2.05) is 6.20 Å². The van der Waals surface area contributed by atoms with Gasteiger partial charge in [-0.15, -0.1) is 0 Å². The van der Waals surface area contributed by atoms with E-state index in [9.17, 15) is 0 Å². The molecule has 2 aromatic rings. The van der Waals surface area contributed by atoms with Crippen molar-refractivity contribution in [3.05, 3.63) is 59.8 Å². The second-order valence-corrected chi connectivity index (χ2v) is 9.22. The van der Waals surface area contributed by atoms with Gasteiger partial charge in [-0.2, -0.15) is 0 Å². The average Bonchev–Trinajstić information content (AvgIpc) is 2.67. The summed E-state index contributed by atoms with van der Waals surface area (Å²) in [6.45, 7) is 1.61. The first-order valence-electron chi connectivity index (χ1n) is 10.1. The quantitative estimate of drug-likeness (QED) is 0.838. The van der Waals surface area contributed by atoms with Crippen LogP contribution < -0.4 is 11.1 Å². The van der Waals surface area contributed by atoms with Gasteiger partial charge in [0.05, 0.1) is 0 Å². The molecule has 4 aliphatic rings. The third-order valence-electron chi connectivity index (χ3n) is 7.27. The number of aromatic nitrogens is 1. The summed E-state index contributed by atoms with van der Waals surface area (Å²) in [4.78, 5) is 4.55. The molecule has 0 aliphatic heterocycles. The number of rotatable bonds is 5. The highest BCUT2D eigenvalue weighted by Gasteiger charge is 2.57. The first kappa shape index (κ1) is 16.3. The van der Waals surface area contributed by atoms with E-state index >= 15 is 0 Å². The molecule has 1 aromatic carbocycles. The van der Waals surface area contributed by atoms with E-state index in [1.165, 1.54) is 38.5 Å². The number of nitrogens with zero attached hydrogens (tertiary/aromatic N) is 1. The van der Waals surface area contributed by atoms with E-state index in [0.29, 0.717) is 17.4 Å². The van der Waals surface area contributed by atoms with Crippen molar-refractivity contribution in [3.8, 4) is 0 Å². The Kier molecular flexibility index (Phi) is 3.82. The van der Waals surface area contributed by atoms with E-state index in [-0.39, 0.29) is 0 Å². The van der Waals surface area contributed by atoms with Crippen LogP contribution in [0.25, 0.3) is 0 Å². The van der Waals surface area contributed by atoms with Crippen LogP contribution in [0.2, 0.25) is 0 Å². The van der Waals surface area contributed by atoms with Crippen LogP contribution in [0.5, 0.6) is 0 Å². The summed E-state index contributed by atoms with van der Waals surface area (Å²) in [6.07, 6.45) is 10.3. The fourth-order valence-corrected chi connectivity index (χ4v) is 6.72. The molecule has 4 bridgehead atoms. The van der Waals surface area contributed by atoms with E-state index < -0.39 is 0 Å². The van der Waals surface area contributed by atoms with Crippen molar-refractivity contribution in [1.82, 2.24) is 4.98 Å². The highest BCUT2D eigenvalue weighted by atomic mass is 15.0. The summed E-state index contributed by atoms with van der Waals surface area (Å²) in [6, 6.07) is 15.5. The lowest BCUT2D eigenvalue weighted by atomic mass is 9.43. The number of benzene rings is 1. The maximum absolute atomic E-state index is 5.69. The predicted octanol–water partition coefficient (Wildman–Crippen LogP) is 4.49. The average molecular weight is 348 g/mol. The summed E-state index contributed by atoms with van der Waals surface area (Å²) in [5, 5.41) is 3.67. The van der Waals surface area contributed by atoms with Crippen molar-refractivity contribution < 1.29 is 0 Å². The second kappa shape index (κ2) is 6.09. The van der Waals surface area contributed by atoms with Crippen LogP contribution in [0, 0.1) is 17.3 Å². The number of nitrogens with two attached hydrogens (primary N) is 1. The molecule has 0 saturated heterocycles. The van der Waals surface area contributed by atoms with Crippen molar-refractivity contribution in [1.29, 1.82) is 0 Å². The summed E-state index contributed by atoms with van der Waals surface area (Å²) < 4.78 is 0. The fraction of sp³-hybridized carbons (Fsp3) is 0.522. The van der Waals surface area contributed by atoms with Crippen molar-refractivity contribution in [2.75, 3.05) is 11.9 Å². The summed E-state index contributed by atoms with van der Waals surface area (Å²) in [5.41, 5.74) is 9.22. The molecule has 4 aliphatic carbocycles. The zero-order chi connectivity index (χ0) is 17.6. The summed E-state index contributed by atoms with van der Waals surface area (Å²) >= 11 is 0. The first-order chi connectivity index (χ1) is 12.7. The van der Waals surface area contributed by atoms with Gasteiger partial charge in [0.2, 0.25) is 0 Å². The molecule has 4 fully saturated rings. The normalized spacial score (nSPS) is 34.8. The third-order valence-corrected chi connectivity index (χ3v) is 7.27. The Bertz CT molecular complexity index is 754. The SMILES string of the molecule is NCc1ccc(NCC23CC4CC(C2)CC(c2ccccc2)(C4)C3)nc1. The zero-order valence-corrected chi connectivity index (χ0v) is 15.5. The summed E-state index contributed by atoms with van der Waals surface area (Å²) in [5.74, 6) is 2.81. The molecule has 6 rings (SSSR count). The molecule has 3 N–H and O–H groups in total. The van der Waals surface area contributed by atoms with E-state index in [4.69, 9.17) is 5.73 Å². The fourth-order valence-electron chi connectivity index (χ4n) is 6.72. The van der Waals surface area contributed by atoms with Crippen LogP contribution in [0.4, 0.5) is 5.82 Å². The monoisotopic (exact) mass is 347 g/mol. The van der Waals surface area contributed by atoms with Gasteiger partial charge in [0.1, 0.15) is 5.82 Å². The molecular weight excluding hydrogens is 318 g/mol. The Morgan fingerprint density at radius 2 is 1.77 bits per heavy atom. The van der Waals surface area contributed by atoms with Gasteiger partial charge in [0.25, 0.3) is 0 Å². The van der Waals surface area contributed by atoms with Crippen LogP contribution in [0.3, 0.4) is 0 Å². The minimum absolute atomic E-state index is 0.420. The smallest absolute Gasteiger partial charge is 0.125 e. The van der Waals surface area contributed by atoms with Crippen molar-refractivity contribution in [2.24, 2.45) is 23.0 Å². The van der Waals surface area contributed by atoms with Gasteiger partial charge in [-0.05, 0) is 78.4 Å². The molecule has 0 amide bonds. The molecular formula is C23H29N3. The van der Waals surface area contributed by atoms with E-state index in [1.54, 1.807) is 5.56 Å². The third kappa shape index (κ3) is 2.73. The Morgan fingerprint density at radius 1 is 1.00 bits per heavy atom. The van der Waals surface area contributed by atoms with Crippen molar-refractivity contribution in [2.45, 2.75) is 50.5 Å². The molecule has 2 unspecified atom stereocenters. The molecule has 2 atom stereocenters. The van der Waals surface area contributed by atoms with Crippen molar-refractivity contribution >= 4 is 5.82 Å². The maximum atomic E-state index is 5.69. The van der Waals surface area contributed by atoms with Gasteiger partial charge in [0, 0.05) is 19.3 Å². The highest BCUT2D eigenvalue weighted by Crippen LogP contribution is 2.65. The van der Waals surface area contributed by atoms with Gasteiger partial charge in [0.15, 0.2) is 0 Å². The Balaban J connectivity index is 1.38. The molecule has 3 nitrogen and oxygen atoms in total. The largest absolute Gasteiger partial charge is 0.370 e. The van der Waals surface area contributed by atoms with Crippen LogP contribution in [0.1, 0.15) is 49.7 Å². The summed E-state index contributed by atoms with van der Waals surface area (Å²) in [7, 11) is 0. The topological polar surface area (TPSA) is 50.9 Å². The number of pyridine rings is 1. The minimum atomic E-state index is 0.420. The standard InChI is InChI=1S/C23H29N3/c24-13-17-6-7-21(25-14-17)26-16-22-9-18-8-19(10-22)12-23(11-18,15-22)20-4-2-1-3-5-20/h1-7,14,18-19H,8-13,15-16,24H2,(H,25,26). The van der Waals surface area contributed by atoms with Gasteiger partial charge in [-0.3, -0.25) is 0 Å². The van der Waals surface area contributed by atoms with Crippen LogP contribution in [0.15, 0.2) is 48.7 Å². The number of nitrogens with one attached hydrogen (secondary N) is 1. The number of hydrogen-bond donors (Lipinski definition) is 2. The lowest BCUT2D eigenvalue weighted by Crippen LogP contribution is -2.56. The first-order valence-corrected chi connectivity index (χ1v) is 10.1. The van der Waals surface area contributed by atoms with Gasteiger partial charge < -0.3 is 11.1 Å². The van der Waals surface area contributed by atoms with E-state index in [0.717, 1.165) is 29.8 Å². The van der Waals surface area contributed by atoms with Crippen LogP contribution in [-0.2, 0) is 12.0 Å². The molecule has 0 radical (unpaired) electrons. The molecule has 26 heavy (non-hydrogen) atoms. The molecule has 0 spiro atoms. The molecule has 4 saturated carbocycles. The van der Waals surface area contributed by atoms with Crippen molar-refractivity contribution in [3.63, 3.8) is 0 Å². The molecule has 136 valence electrons. The van der Waals surface area contributed by atoms with Gasteiger partial charge in [-0.1, -0.05) is 36.4 Å². The molecule has 1 aromatic heterocycles. The van der Waals surface area contributed by atoms with Gasteiger partial charge in [-0.25, -0.2) is 4.98 Å². The van der Waals surface area contributed by atoms with Crippen LogP contribution >= 0.6 is 0 Å². The lowest BCUT2D eigenvalue weighted by Gasteiger charge is -2.62. The Morgan fingerprint density at radius 3 is 2.42 bits per heavy atom. The minimum Gasteiger partial charge on any atom is -0.370 e. The zero-order valence-electron chi connectivity index (χ0n) is 15.5. The highest BCUT2D eigenvalue weighted by molar-refractivity contribution is 5.37. The Labute approximate surface area is 156 Å². The van der Waals surface area contributed by atoms with Gasteiger partial charge >= 0.3 is 0 Å². The number of anilines is 1. The van der Waals surface area contributed by atoms with Crippen LogP contribution in [-0.4, -0.2) is 11.5 Å². The lowest BCUT2D eigenvalue weighted by molar-refractivity contribution is -0.0645. The molecule has 3 heteroatoms. The Hall–Kier alpha value is -1.87. The maximum Gasteiger partial charge on any atom is 0.125 e. The number of hydrogen-bond acceptors (Lipinski definition) is 3. The predicted molar refractivity (Wildman–Crippen MR) is 106 cm³/mol. The van der Waals surface area contributed by atoms with E-state index in [2.05, 4.69) is 52.8 Å². The second-order valence-electron chi connectivity index (χ2n) is 9.22.